The lowest BCUT2D eigenvalue weighted by Crippen LogP contribution is -2.45. The van der Waals surface area contributed by atoms with Crippen molar-refractivity contribution < 1.29 is 0 Å². The number of hydrogen-bond donors (Lipinski definition) is 3. The average molecular weight is 173 g/mol. The fraction of sp³-hybridized carbons (Fsp3) is 0.857. The molecule has 1 rings (SSSR count). The number of thiocarbonyl (C=S) groups is 1. The molecule has 0 radical (unpaired) electrons. The molecule has 4 N–H and O–H groups in total. The summed E-state index contributed by atoms with van der Waals surface area (Å²) in [6, 6.07) is 0.526. The standard InChI is InChI=1S/C7H15N3S/c1-5-3-2-4-6(5)9-7(11)10-8/h5-6H,2-4,8H2,1H3,(H2,9,10,11). The molecule has 0 aliphatic heterocycles. The maximum Gasteiger partial charge on any atom is 0.180 e. The summed E-state index contributed by atoms with van der Waals surface area (Å²) in [7, 11) is 0. The van der Waals surface area contributed by atoms with E-state index in [0.717, 1.165) is 5.92 Å². The van der Waals surface area contributed by atoms with Gasteiger partial charge in [-0.3, -0.25) is 0 Å². The molecule has 0 spiro atoms. The van der Waals surface area contributed by atoms with Crippen LogP contribution >= 0.6 is 12.2 Å². The smallest absolute Gasteiger partial charge is 0.180 e. The Morgan fingerprint density at radius 3 is 2.73 bits per heavy atom. The van der Waals surface area contributed by atoms with Crippen molar-refractivity contribution in [1.82, 2.24) is 10.7 Å². The molecule has 0 bridgehead atoms. The van der Waals surface area contributed by atoms with E-state index in [1.165, 1.54) is 19.3 Å². The average Bonchev–Trinajstić information content (AvgIpc) is 2.37. The molecule has 1 aliphatic carbocycles. The summed E-state index contributed by atoms with van der Waals surface area (Å²) in [5.74, 6) is 5.87. The van der Waals surface area contributed by atoms with Crippen LogP contribution in [0.4, 0.5) is 0 Å². The van der Waals surface area contributed by atoms with Gasteiger partial charge in [0.05, 0.1) is 0 Å². The largest absolute Gasteiger partial charge is 0.359 e. The second kappa shape index (κ2) is 3.88. The molecule has 3 nitrogen and oxygen atoms in total. The lowest BCUT2D eigenvalue weighted by atomic mass is 10.1. The second-order valence-electron chi connectivity index (χ2n) is 3.13. The minimum absolute atomic E-state index is 0.526. The minimum atomic E-state index is 0.526. The van der Waals surface area contributed by atoms with Crippen molar-refractivity contribution >= 4 is 17.3 Å². The van der Waals surface area contributed by atoms with E-state index in [1.54, 1.807) is 0 Å². The highest BCUT2D eigenvalue weighted by molar-refractivity contribution is 7.80. The molecule has 2 unspecified atom stereocenters. The fourth-order valence-electron chi connectivity index (χ4n) is 1.57. The molecular weight excluding hydrogens is 158 g/mol. The van der Waals surface area contributed by atoms with Gasteiger partial charge in [-0.05, 0) is 31.0 Å². The van der Waals surface area contributed by atoms with Crippen molar-refractivity contribution in [2.75, 3.05) is 0 Å². The Kier molecular flexibility index (Phi) is 3.08. The van der Waals surface area contributed by atoms with E-state index in [-0.39, 0.29) is 0 Å². The molecule has 2 atom stereocenters. The minimum Gasteiger partial charge on any atom is -0.359 e. The molecule has 0 saturated heterocycles. The SMILES string of the molecule is CC1CCCC1NC(=S)NN. The van der Waals surface area contributed by atoms with E-state index in [2.05, 4.69) is 17.7 Å². The summed E-state index contributed by atoms with van der Waals surface area (Å²) in [6.45, 7) is 2.24. The topological polar surface area (TPSA) is 50.1 Å². The van der Waals surface area contributed by atoms with Gasteiger partial charge in [0.15, 0.2) is 5.11 Å². The van der Waals surface area contributed by atoms with Crippen molar-refractivity contribution in [3.8, 4) is 0 Å². The van der Waals surface area contributed by atoms with Crippen LogP contribution in [0.2, 0.25) is 0 Å². The van der Waals surface area contributed by atoms with Crippen molar-refractivity contribution in [2.24, 2.45) is 11.8 Å². The molecule has 64 valence electrons. The lowest BCUT2D eigenvalue weighted by molar-refractivity contribution is 0.484. The summed E-state index contributed by atoms with van der Waals surface area (Å²) in [6.07, 6.45) is 3.81. The molecule has 0 heterocycles. The molecule has 0 aromatic carbocycles. The summed E-state index contributed by atoms with van der Waals surface area (Å²) in [5, 5.41) is 3.73. The Morgan fingerprint density at radius 2 is 2.27 bits per heavy atom. The van der Waals surface area contributed by atoms with Crippen molar-refractivity contribution in [3.05, 3.63) is 0 Å². The van der Waals surface area contributed by atoms with Crippen LogP contribution in [-0.2, 0) is 0 Å². The van der Waals surface area contributed by atoms with E-state index < -0.39 is 0 Å². The van der Waals surface area contributed by atoms with Gasteiger partial charge in [-0.15, -0.1) is 0 Å². The maximum atomic E-state index is 5.14. The molecule has 1 aliphatic rings. The Morgan fingerprint density at radius 1 is 1.55 bits per heavy atom. The molecule has 0 aromatic rings. The predicted octanol–water partition coefficient (Wildman–Crippen LogP) is 0.513. The number of nitrogens with one attached hydrogen (secondary N) is 2. The molecule has 1 saturated carbocycles. The fourth-order valence-corrected chi connectivity index (χ4v) is 1.72. The van der Waals surface area contributed by atoms with E-state index in [0.29, 0.717) is 11.2 Å². The Hall–Kier alpha value is -0.350. The molecule has 0 aromatic heterocycles. The first-order valence-electron chi connectivity index (χ1n) is 4.01. The van der Waals surface area contributed by atoms with Gasteiger partial charge in [0.1, 0.15) is 0 Å². The first-order chi connectivity index (χ1) is 5.24. The summed E-state index contributed by atoms with van der Waals surface area (Å²) in [5.41, 5.74) is 2.43. The van der Waals surface area contributed by atoms with Gasteiger partial charge >= 0.3 is 0 Å². The molecule has 0 amide bonds. The summed E-state index contributed by atoms with van der Waals surface area (Å²) >= 11 is 4.90. The quantitative estimate of drug-likeness (QED) is 0.307. The van der Waals surface area contributed by atoms with Gasteiger partial charge < -0.3 is 10.7 Å². The van der Waals surface area contributed by atoms with Crippen LogP contribution in [0.1, 0.15) is 26.2 Å². The van der Waals surface area contributed by atoms with Crippen LogP contribution < -0.4 is 16.6 Å². The number of hydrogen-bond acceptors (Lipinski definition) is 2. The van der Waals surface area contributed by atoms with Gasteiger partial charge in [-0.2, -0.15) is 0 Å². The lowest BCUT2D eigenvalue weighted by Gasteiger charge is -2.18. The highest BCUT2D eigenvalue weighted by Crippen LogP contribution is 2.24. The monoisotopic (exact) mass is 173 g/mol. The highest BCUT2D eigenvalue weighted by atomic mass is 32.1. The Balaban J connectivity index is 2.30. The summed E-state index contributed by atoms with van der Waals surface area (Å²) < 4.78 is 0. The Bertz CT molecular complexity index is 149. The van der Waals surface area contributed by atoms with Crippen molar-refractivity contribution in [3.63, 3.8) is 0 Å². The zero-order chi connectivity index (χ0) is 8.27. The van der Waals surface area contributed by atoms with Crippen LogP contribution in [0.25, 0.3) is 0 Å². The zero-order valence-electron chi connectivity index (χ0n) is 6.76. The van der Waals surface area contributed by atoms with Gasteiger partial charge in [0, 0.05) is 6.04 Å². The van der Waals surface area contributed by atoms with Crippen molar-refractivity contribution in [1.29, 1.82) is 0 Å². The van der Waals surface area contributed by atoms with E-state index in [9.17, 15) is 0 Å². The highest BCUT2D eigenvalue weighted by Gasteiger charge is 2.23. The molecule has 1 fully saturated rings. The Labute approximate surface area is 72.7 Å². The molecule has 11 heavy (non-hydrogen) atoms. The normalized spacial score (nSPS) is 30.0. The van der Waals surface area contributed by atoms with Gasteiger partial charge in [0.2, 0.25) is 0 Å². The predicted molar refractivity (Wildman–Crippen MR) is 49.9 cm³/mol. The van der Waals surface area contributed by atoms with Gasteiger partial charge in [0.25, 0.3) is 0 Å². The summed E-state index contributed by atoms with van der Waals surface area (Å²) in [4.78, 5) is 0. The van der Waals surface area contributed by atoms with Crippen molar-refractivity contribution in [2.45, 2.75) is 32.2 Å². The van der Waals surface area contributed by atoms with Gasteiger partial charge in [-0.1, -0.05) is 13.3 Å². The maximum absolute atomic E-state index is 5.14. The van der Waals surface area contributed by atoms with Gasteiger partial charge in [-0.25, -0.2) is 5.84 Å². The second-order valence-corrected chi connectivity index (χ2v) is 3.54. The third-order valence-electron chi connectivity index (χ3n) is 2.31. The molecular formula is C7H15N3S. The number of hydrazine groups is 1. The van der Waals surface area contributed by atoms with E-state index in [4.69, 9.17) is 18.1 Å². The van der Waals surface area contributed by atoms with Crippen LogP contribution in [-0.4, -0.2) is 11.2 Å². The number of nitrogens with two attached hydrogens (primary N) is 1. The third-order valence-corrected chi connectivity index (χ3v) is 2.54. The van der Waals surface area contributed by atoms with Crippen LogP contribution in [0.15, 0.2) is 0 Å². The van der Waals surface area contributed by atoms with E-state index >= 15 is 0 Å². The van der Waals surface area contributed by atoms with Crippen LogP contribution in [0.3, 0.4) is 0 Å². The van der Waals surface area contributed by atoms with E-state index in [1.807, 2.05) is 0 Å². The van der Waals surface area contributed by atoms with Crippen LogP contribution in [0, 0.1) is 5.92 Å². The molecule has 4 heteroatoms. The van der Waals surface area contributed by atoms with Crippen LogP contribution in [0.5, 0.6) is 0 Å². The third kappa shape index (κ3) is 2.31. The first-order valence-corrected chi connectivity index (χ1v) is 4.42. The zero-order valence-corrected chi connectivity index (χ0v) is 7.58. The number of rotatable bonds is 1. The first kappa shape index (κ1) is 8.74.